The highest BCUT2D eigenvalue weighted by Crippen LogP contribution is 2.29. The second-order valence-electron chi connectivity index (χ2n) is 5.25. The highest BCUT2D eigenvalue weighted by atomic mass is 14.9. The molecule has 0 fully saturated rings. The van der Waals surface area contributed by atoms with Crippen molar-refractivity contribution in [3.63, 3.8) is 0 Å². The van der Waals surface area contributed by atoms with Gasteiger partial charge in [0.1, 0.15) is 0 Å². The van der Waals surface area contributed by atoms with Gasteiger partial charge in [-0.05, 0) is 30.4 Å². The van der Waals surface area contributed by atoms with Crippen molar-refractivity contribution in [2.75, 3.05) is 5.32 Å². The maximum Gasteiger partial charge on any atom is 0.0380 e. The van der Waals surface area contributed by atoms with Gasteiger partial charge in [-0.3, -0.25) is 0 Å². The van der Waals surface area contributed by atoms with Gasteiger partial charge in [0.05, 0.1) is 0 Å². The number of para-hydroxylation sites is 1. The van der Waals surface area contributed by atoms with Gasteiger partial charge in [-0.25, -0.2) is 0 Å². The van der Waals surface area contributed by atoms with Crippen LogP contribution in [0.3, 0.4) is 0 Å². The first kappa shape index (κ1) is 12.1. The van der Waals surface area contributed by atoms with E-state index in [0.717, 1.165) is 6.42 Å². The number of hydrogen-bond donors (Lipinski definition) is 1. The molecule has 1 unspecified atom stereocenters. The summed E-state index contributed by atoms with van der Waals surface area (Å²) in [6, 6.07) is 9.13. The van der Waals surface area contributed by atoms with E-state index in [0.29, 0.717) is 6.04 Å². The SMILES string of the molecule is CCC(C)Nc1ccccc1C(C)(C)C. The molecule has 0 saturated carbocycles. The van der Waals surface area contributed by atoms with E-state index in [1.54, 1.807) is 0 Å². The quantitative estimate of drug-likeness (QED) is 0.780. The molecule has 0 bridgehead atoms. The Morgan fingerprint density at radius 1 is 1.20 bits per heavy atom. The molecule has 1 rings (SSSR count). The number of hydrogen-bond acceptors (Lipinski definition) is 1. The molecule has 0 aromatic heterocycles. The topological polar surface area (TPSA) is 12.0 Å². The maximum absolute atomic E-state index is 3.57. The van der Waals surface area contributed by atoms with Gasteiger partial charge in [-0.1, -0.05) is 45.9 Å². The molecule has 0 heterocycles. The predicted molar refractivity (Wildman–Crippen MR) is 68.5 cm³/mol. The Labute approximate surface area is 93.9 Å². The average Bonchev–Trinajstić information content (AvgIpc) is 2.17. The van der Waals surface area contributed by atoms with E-state index in [4.69, 9.17) is 0 Å². The molecule has 1 nitrogen and oxygen atoms in total. The third kappa shape index (κ3) is 3.26. The Morgan fingerprint density at radius 3 is 2.33 bits per heavy atom. The molecule has 1 aromatic rings. The Bertz CT molecular complexity index is 309. The lowest BCUT2D eigenvalue weighted by Crippen LogP contribution is -2.19. The van der Waals surface area contributed by atoms with Crippen LogP contribution in [0.4, 0.5) is 5.69 Å². The molecule has 0 spiro atoms. The van der Waals surface area contributed by atoms with Crippen molar-refractivity contribution < 1.29 is 0 Å². The zero-order valence-corrected chi connectivity index (χ0v) is 10.6. The molecule has 0 aliphatic rings. The van der Waals surface area contributed by atoms with Gasteiger partial charge in [0.2, 0.25) is 0 Å². The molecular weight excluding hydrogens is 182 g/mol. The van der Waals surface area contributed by atoms with Crippen LogP contribution in [-0.2, 0) is 5.41 Å². The third-order valence-corrected chi connectivity index (χ3v) is 2.75. The van der Waals surface area contributed by atoms with Gasteiger partial charge in [-0.15, -0.1) is 0 Å². The molecule has 1 atom stereocenters. The fourth-order valence-corrected chi connectivity index (χ4v) is 1.63. The fraction of sp³-hybridized carbons (Fsp3) is 0.571. The molecule has 0 aliphatic heterocycles. The zero-order valence-electron chi connectivity index (χ0n) is 10.6. The maximum atomic E-state index is 3.57. The third-order valence-electron chi connectivity index (χ3n) is 2.75. The summed E-state index contributed by atoms with van der Waals surface area (Å²) in [6.45, 7) is 11.2. The van der Waals surface area contributed by atoms with Crippen LogP contribution in [0.1, 0.15) is 46.6 Å². The largest absolute Gasteiger partial charge is 0.382 e. The molecule has 15 heavy (non-hydrogen) atoms. The van der Waals surface area contributed by atoms with Crippen molar-refractivity contribution >= 4 is 5.69 Å². The summed E-state index contributed by atoms with van der Waals surface area (Å²) >= 11 is 0. The van der Waals surface area contributed by atoms with Crippen LogP contribution in [0.15, 0.2) is 24.3 Å². The Balaban J connectivity index is 2.97. The molecule has 1 heteroatoms. The smallest absolute Gasteiger partial charge is 0.0380 e. The van der Waals surface area contributed by atoms with Gasteiger partial charge in [0.25, 0.3) is 0 Å². The second kappa shape index (κ2) is 4.69. The minimum absolute atomic E-state index is 0.205. The Morgan fingerprint density at radius 2 is 1.80 bits per heavy atom. The molecule has 1 N–H and O–H groups in total. The van der Waals surface area contributed by atoms with Crippen molar-refractivity contribution in [3.8, 4) is 0 Å². The van der Waals surface area contributed by atoms with Crippen molar-refractivity contribution in [1.82, 2.24) is 0 Å². The normalized spacial score (nSPS) is 13.7. The monoisotopic (exact) mass is 205 g/mol. The molecule has 0 radical (unpaired) electrons. The summed E-state index contributed by atoms with van der Waals surface area (Å²) in [7, 11) is 0. The van der Waals surface area contributed by atoms with Crippen molar-refractivity contribution in [3.05, 3.63) is 29.8 Å². The van der Waals surface area contributed by atoms with Crippen LogP contribution < -0.4 is 5.32 Å². The van der Waals surface area contributed by atoms with Crippen molar-refractivity contribution in [2.45, 2.75) is 52.5 Å². The van der Waals surface area contributed by atoms with Gasteiger partial charge in [-0.2, -0.15) is 0 Å². The van der Waals surface area contributed by atoms with E-state index in [1.165, 1.54) is 11.3 Å². The highest BCUT2D eigenvalue weighted by molar-refractivity contribution is 5.54. The van der Waals surface area contributed by atoms with Gasteiger partial charge >= 0.3 is 0 Å². The van der Waals surface area contributed by atoms with E-state index in [9.17, 15) is 0 Å². The first-order valence-electron chi connectivity index (χ1n) is 5.81. The highest BCUT2D eigenvalue weighted by Gasteiger charge is 2.17. The second-order valence-corrected chi connectivity index (χ2v) is 5.25. The van der Waals surface area contributed by atoms with Crippen molar-refractivity contribution in [1.29, 1.82) is 0 Å². The molecular formula is C14H23N. The number of anilines is 1. The van der Waals surface area contributed by atoms with E-state index in [-0.39, 0.29) is 5.41 Å². The van der Waals surface area contributed by atoms with Gasteiger partial charge in [0, 0.05) is 11.7 Å². The summed E-state index contributed by atoms with van der Waals surface area (Å²) in [4.78, 5) is 0. The first-order valence-corrected chi connectivity index (χ1v) is 5.81. The average molecular weight is 205 g/mol. The standard InChI is InChI=1S/C14H23N/c1-6-11(2)15-13-10-8-7-9-12(13)14(3,4)5/h7-11,15H,6H2,1-5H3. The molecule has 0 saturated heterocycles. The minimum Gasteiger partial charge on any atom is -0.382 e. The number of benzene rings is 1. The molecule has 1 aromatic carbocycles. The summed E-state index contributed by atoms with van der Waals surface area (Å²) in [5.74, 6) is 0. The van der Waals surface area contributed by atoms with Crippen LogP contribution in [0.2, 0.25) is 0 Å². The molecule has 84 valence electrons. The summed E-state index contributed by atoms with van der Waals surface area (Å²) in [6.07, 6.45) is 1.15. The van der Waals surface area contributed by atoms with Crippen LogP contribution in [-0.4, -0.2) is 6.04 Å². The number of rotatable bonds is 3. The van der Waals surface area contributed by atoms with Crippen LogP contribution >= 0.6 is 0 Å². The summed E-state index contributed by atoms with van der Waals surface area (Å²) in [5, 5.41) is 3.57. The lowest BCUT2D eigenvalue weighted by molar-refractivity contribution is 0.590. The van der Waals surface area contributed by atoms with Crippen LogP contribution in [0.5, 0.6) is 0 Å². The van der Waals surface area contributed by atoms with Crippen LogP contribution in [0.25, 0.3) is 0 Å². The zero-order chi connectivity index (χ0) is 11.5. The lowest BCUT2D eigenvalue weighted by Gasteiger charge is -2.25. The summed E-state index contributed by atoms with van der Waals surface area (Å²) in [5.41, 5.74) is 2.88. The molecule has 0 amide bonds. The van der Waals surface area contributed by atoms with Gasteiger partial charge < -0.3 is 5.32 Å². The number of nitrogens with one attached hydrogen (secondary N) is 1. The molecule has 0 aliphatic carbocycles. The Kier molecular flexibility index (Phi) is 3.78. The Hall–Kier alpha value is -0.980. The van der Waals surface area contributed by atoms with E-state index < -0.39 is 0 Å². The first-order chi connectivity index (χ1) is 6.95. The van der Waals surface area contributed by atoms with Gasteiger partial charge in [0.15, 0.2) is 0 Å². The van der Waals surface area contributed by atoms with E-state index in [1.807, 2.05) is 0 Å². The minimum atomic E-state index is 0.205. The fourth-order valence-electron chi connectivity index (χ4n) is 1.63. The summed E-state index contributed by atoms with van der Waals surface area (Å²) < 4.78 is 0. The van der Waals surface area contributed by atoms with Crippen LogP contribution in [0, 0.1) is 0 Å². The van der Waals surface area contributed by atoms with Crippen molar-refractivity contribution in [2.24, 2.45) is 0 Å². The lowest BCUT2D eigenvalue weighted by atomic mass is 9.85. The van der Waals surface area contributed by atoms with E-state index in [2.05, 4.69) is 64.2 Å². The predicted octanol–water partition coefficient (Wildman–Crippen LogP) is 4.19. The van der Waals surface area contributed by atoms with E-state index >= 15 is 0 Å².